The van der Waals surface area contributed by atoms with Crippen molar-refractivity contribution in [2.24, 2.45) is 18.2 Å². The standard InChI is InChI=1S/C33H41N5O/c1-9-25(16-17-26(10-2)33(5,6)7)23(4)35-29-13-11-12-28(22(29)3)30-21-38(8)32(39)31(37-30)36-27-18-14-24(20-34)15-19-27/h10-19,21,35H,2,4,9,20,34H2,1,3,5-8H3,(H,36,37)/b25-16+,26-17+. The van der Waals surface area contributed by atoms with Gasteiger partial charge in [0.05, 0.1) is 5.69 Å². The molecule has 4 N–H and O–H groups in total. The predicted octanol–water partition coefficient (Wildman–Crippen LogP) is 7.38. The Morgan fingerprint density at radius 2 is 1.82 bits per heavy atom. The highest BCUT2D eigenvalue weighted by molar-refractivity contribution is 5.73. The lowest BCUT2D eigenvalue weighted by Crippen LogP contribution is -2.21. The topological polar surface area (TPSA) is 85.0 Å². The van der Waals surface area contributed by atoms with Gasteiger partial charge in [-0.15, -0.1) is 0 Å². The van der Waals surface area contributed by atoms with Gasteiger partial charge in [0.2, 0.25) is 0 Å². The lowest BCUT2D eigenvalue weighted by atomic mass is 9.86. The molecule has 6 heteroatoms. The van der Waals surface area contributed by atoms with E-state index in [1.807, 2.05) is 55.5 Å². The van der Waals surface area contributed by atoms with Gasteiger partial charge in [0, 0.05) is 42.4 Å². The van der Waals surface area contributed by atoms with E-state index in [4.69, 9.17) is 10.7 Å². The minimum absolute atomic E-state index is 0.0151. The fourth-order valence-corrected chi connectivity index (χ4v) is 4.22. The summed E-state index contributed by atoms with van der Waals surface area (Å²) in [7, 11) is 1.73. The molecule has 0 spiro atoms. The van der Waals surface area contributed by atoms with E-state index in [1.165, 1.54) is 5.57 Å². The Hall–Kier alpha value is -4.16. The number of hydrogen-bond acceptors (Lipinski definition) is 5. The van der Waals surface area contributed by atoms with Crippen molar-refractivity contribution in [1.29, 1.82) is 0 Å². The van der Waals surface area contributed by atoms with Crippen molar-refractivity contribution >= 4 is 17.2 Å². The molecule has 0 aliphatic carbocycles. The zero-order chi connectivity index (χ0) is 28.7. The van der Waals surface area contributed by atoms with Crippen molar-refractivity contribution in [3.8, 4) is 11.3 Å². The van der Waals surface area contributed by atoms with Crippen LogP contribution in [-0.2, 0) is 13.6 Å². The van der Waals surface area contributed by atoms with Crippen LogP contribution in [0.25, 0.3) is 11.3 Å². The molecule has 3 rings (SSSR count). The van der Waals surface area contributed by atoms with Crippen molar-refractivity contribution < 1.29 is 0 Å². The molecule has 0 atom stereocenters. The summed E-state index contributed by atoms with van der Waals surface area (Å²) < 4.78 is 1.55. The first-order chi connectivity index (χ1) is 18.5. The number of benzene rings is 2. The fraction of sp³-hybridized carbons (Fsp3) is 0.273. The van der Waals surface area contributed by atoms with E-state index in [0.29, 0.717) is 12.2 Å². The van der Waals surface area contributed by atoms with Crippen LogP contribution >= 0.6 is 0 Å². The van der Waals surface area contributed by atoms with E-state index in [2.05, 4.69) is 63.6 Å². The Labute approximate surface area is 232 Å². The summed E-state index contributed by atoms with van der Waals surface area (Å²) in [5.74, 6) is 0.262. The average Bonchev–Trinajstić information content (AvgIpc) is 2.90. The normalized spacial score (nSPS) is 12.3. The van der Waals surface area contributed by atoms with Gasteiger partial charge in [0.1, 0.15) is 0 Å². The first-order valence-corrected chi connectivity index (χ1v) is 13.2. The molecule has 0 radical (unpaired) electrons. The minimum Gasteiger partial charge on any atom is -0.356 e. The summed E-state index contributed by atoms with van der Waals surface area (Å²) in [5.41, 5.74) is 14.0. The van der Waals surface area contributed by atoms with E-state index in [9.17, 15) is 4.79 Å². The van der Waals surface area contributed by atoms with Gasteiger partial charge in [-0.2, -0.15) is 0 Å². The Balaban J connectivity index is 1.93. The SMILES string of the molecule is C=C/C(=C\C=C(/CC)C(=C)Nc1cccc(-c2cn(C)c(=O)c(Nc3ccc(CN)cc3)n2)c1C)C(C)(C)C. The molecule has 0 unspecified atom stereocenters. The molecular weight excluding hydrogens is 482 g/mol. The summed E-state index contributed by atoms with van der Waals surface area (Å²) in [6.45, 7) is 19.4. The minimum atomic E-state index is -0.207. The van der Waals surface area contributed by atoms with Gasteiger partial charge in [-0.3, -0.25) is 4.79 Å². The maximum atomic E-state index is 12.9. The smallest absolute Gasteiger partial charge is 0.293 e. The summed E-state index contributed by atoms with van der Waals surface area (Å²) in [6.07, 6.45) is 8.74. The van der Waals surface area contributed by atoms with E-state index in [1.54, 1.807) is 17.8 Å². The van der Waals surface area contributed by atoms with Crippen LogP contribution in [0.2, 0.25) is 0 Å². The molecule has 204 valence electrons. The van der Waals surface area contributed by atoms with Crippen molar-refractivity contribution in [2.75, 3.05) is 10.6 Å². The number of nitrogens with one attached hydrogen (secondary N) is 2. The van der Waals surface area contributed by atoms with Gasteiger partial charge in [0.25, 0.3) is 5.56 Å². The molecule has 6 nitrogen and oxygen atoms in total. The Morgan fingerprint density at radius 1 is 1.13 bits per heavy atom. The van der Waals surface area contributed by atoms with Crippen LogP contribution in [0.1, 0.15) is 45.2 Å². The molecule has 3 aromatic rings. The molecule has 0 aliphatic heterocycles. The van der Waals surface area contributed by atoms with E-state index in [-0.39, 0.29) is 16.8 Å². The molecule has 1 heterocycles. The molecule has 0 amide bonds. The number of allylic oxidation sites excluding steroid dienone is 5. The highest BCUT2D eigenvalue weighted by Crippen LogP contribution is 2.30. The van der Waals surface area contributed by atoms with Crippen molar-refractivity contribution in [2.45, 2.75) is 47.6 Å². The van der Waals surface area contributed by atoms with Crippen LogP contribution in [0.4, 0.5) is 17.2 Å². The van der Waals surface area contributed by atoms with Crippen LogP contribution < -0.4 is 21.9 Å². The number of hydrogen-bond donors (Lipinski definition) is 3. The summed E-state index contributed by atoms with van der Waals surface area (Å²) in [6, 6.07) is 13.7. The molecule has 0 saturated carbocycles. The van der Waals surface area contributed by atoms with E-state index in [0.717, 1.165) is 45.8 Å². The molecule has 0 bridgehead atoms. The van der Waals surface area contributed by atoms with E-state index < -0.39 is 0 Å². The number of rotatable bonds is 10. The second-order valence-corrected chi connectivity index (χ2v) is 10.6. The third kappa shape index (κ3) is 7.24. The van der Waals surface area contributed by atoms with Crippen LogP contribution in [0.3, 0.4) is 0 Å². The van der Waals surface area contributed by atoms with Gasteiger partial charge in [0.15, 0.2) is 5.82 Å². The first kappa shape index (κ1) is 29.4. The summed E-state index contributed by atoms with van der Waals surface area (Å²) >= 11 is 0. The number of aromatic nitrogens is 2. The lowest BCUT2D eigenvalue weighted by molar-refractivity contribution is 0.517. The zero-order valence-electron chi connectivity index (χ0n) is 24.1. The number of anilines is 3. The first-order valence-electron chi connectivity index (χ1n) is 13.2. The zero-order valence-corrected chi connectivity index (χ0v) is 24.1. The second kappa shape index (κ2) is 12.6. The molecule has 1 aromatic heterocycles. The van der Waals surface area contributed by atoms with Gasteiger partial charge in [-0.1, -0.05) is 83.3 Å². The average molecular weight is 524 g/mol. The Kier molecular flexibility index (Phi) is 9.49. The van der Waals surface area contributed by atoms with Gasteiger partial charge in [-0.05, 0) is 59.2 Å². The van der Waals surface area contributed by atoms with Gasteiger partial charge in [-0.25, -0.2) is 4.98 Å². The third-order valence-electron chi connectivity index (χ3n) is 6.74. The van der Waals surface area contributed by atoms with E-state index >= 15 is 0 Å². The summed E-state index contributed by atoms with van der Waals surface area (Å²) in [5, 5.41) is 6.67. The monoisotopic (exact) mass is 523 g/mol. The van der Waals surface area contributed by atoms with Gasteiger partial charge < -0.3 is 20.9 Å². The molecule has 0 aliphatic rings. The van der Waals surface area contributed by atoms with Gasteiger partial charge >= 0.3 is 0 Å². The predicted molar refractivity (Wildman–Crippen MR) is 166 cm³/mol. The summed E-state index contributed by atoms with van der Waals surface area (Å²) in [4.78, 5) is 17.6. The highest BCUT2D eigenvalue weighted by atomic mass is 16.1. The van der Waals surface area contributed by atoms with Crippen molar-refractivity contribution in [3.63, 3.8) is 0 Å². The van der Waals surface area contributed by atoms with Crippen molar-refractivity contribution in [1.82, 2.24) is 9.55 Å². The van der Waals surface area contributed by atoms with Crippen LogP contribution in [0.5, 0.6) is 0 Å². The maximum Gasteiger partial charge on any atom is 0.293 e. The molecule has 39 heavy (non-hydrogen) atoms. The van der Waals surface area contributed by atoms with Crippen molar-refractivity contribution in [3.05, 3.63) is 118 Å². The third-order valence-corrected chi connectivity index (χ3v) is 6.74. The molecule has 0 fully saturated rings. The lowest BCUT2D eigenvalue weighted by Gasteiger charge is -2.20. The molecular formula is C33H41N5O. The van der Waals surface area contributed by atoms with Crippen LogP contribution in [-0.4, -0.2) is 9.55 Å². The maximum absolute atomic E-state index is 12.9. The largest absolute Gasteiger partial charge is 0.356 e. The fourth-order valence-electron chi connectivity index (χ4n) is 4.22. The highest BCUT2D eigenvalue weighted by Gasteiger charge is 2.15. The second-order valence-electron chi connectivity index (χ2n) is 10.6. The number of nitrogens with zero attached hydrogens (tertiary/aromatic N) is 2. The Morgan fingerprint density at radius 3 is 2.41 bits per heavy atom. The molecule has 2 aromatic carbocycles. The van der Waals surface area contributed by atoms with Crippen LogP contribution in [0, 0.1) is 12.3 Å². The quantitative estimate of drug-likeness (QED) is 0.241. The number of nitrogens with two attached hydrogens (primary N) is 1. The van der Waals surface area contributed by atoms with Crippen LogP contribution in [0.15, 0.2) is 102 Å². The Bertz CT molecular complexity index is 1470. The molecule has 0 saturated heterocycles. The number of aryl methyl sites for hydroxylation is 1.